The highest BCUT2D eigenvalue weighted by Gasteiger charge is 2.53. The highest BCUT2D eigenvalue weighted by Crippen LogP contribution is 2.96. The van der Waals surface area contributed by atoms with Gasteiger partial charge in [-0.25, -0.2) is 0 Å². The zero-order chi connectivity index (χ0) is 27.6. The van der Waals surface area contributed by atoms with Gasteiger partial charge in [0.2, 0.25) is 0 Å². The Labute approximate surface area is 243 Å². The zero-order valence-electron chi connectivity index (χ0n) is 22.8. The SMILES string of the molecule is C1=C(c2ccccc2)C(c2ccccc2)=C(c2ccccc2)[SH]1(c1ccccc1)(c1ccccc1)c1ccccc1. The van der Waals surface area contributed by atoms with E-state index in [4.69, 9.17) is 0 Å². The van der Waals surface area contributed by atoms with Crippen LogP contribution in [0.25, 0.3) is 16.1 Å². The van der Waals surface area contributed by atoms with Gasteiger partial charge < -0.3 is 0 Å². The van der Waals surface area contributed by atoms with Crippen molar-refractivity contribution >= 4 is 25.2 Å². The maximum atomic E-state index is 2.69. The Hall–Kier alpha value is -4.85. The molecule has 0 N–H and O–H groups in total. The van der Waals surface area contributed by atoms with E-state index in [1.807, 2.05) is 0 Å². The van der Waals surface area contributed by atoms with Gasteiger partial charge in [0.25, 0.3) is 0 Å². The molecule has 0 aliphatic carbocycles. The first-order valence-corrected chi connectivity index (χ1v) is 16.5. The van der Waals surface area contributed by atoms with Crippen LogP contribution in [0.1, 0.15) is 16.7 Å². The van der Waals surface area contributed by atoms with E-state index in [0.717, 1.165) is 0 Å². The summed E-state index contributed by atoms with van der Waals surface area (Å²) in [5.41, 5.74) is 6.30. The second-order valence-corrected chi connectivity index (χ2v) is 15.2. The average molecular weight is 545 g/mol. The topological polar surface area (TPSA) is 0 Å². The van der Waals surface area contributed by atoms with Gasteiger partial charge in [0.05, 0.1) is 0 Å². The van der Waals surface area contributed by atoms with E-state index >= 15 is 0 Å². The summed E-state index contributed by atoms with van der Waals surface area (Å²) in [6, 6.07) is 66.7. The molecule has 0 unspecified atom stereocenters. The summed E-state index contributed by atoms with van der Waals surface area (Å²) in [7, 11) is -3.50. The predicted octanol–water partition coefficient (Wildman–Crippen LogP) is 10.9. The molecule has 7 rings (SSSR count). The molecule has 6 aromatic carbocycles. The molecule has 6 aromatic rings. The molecule has 1 heterocycles. The van der Waals surface area contributed by atoms with E-state index in [9.17, 15) is 0 Å². The Morgan fingerprint density at radius 2 is 0.610 bits per heavy atom. The highest BCUT2D eigenvalue weighted by molar-refractivity contribution is 8.58. The van der Waals surface area contributed by atoms with Crippen LogP contribution in [0.5, 0.6) is 0 Å². The Balaban J connectivity index is 1.82. The highest BCUT2D eigenvalue weighted by atomic mass is 32.3. The quantitative estimate of drug-likeness (QED) is 0.198. The first kappa shape index (κ1) is 25.1. The lowest BCUT2D eigenvalue weighted by Gasteiger charge is -2.61. The molecule has 0 saturated heterocycles. The smallest absolute Gasteiger partial charge is 0.00499 e. The van der Waals surface area contributed by atoms with Crippen LogP contribution in [-0.4, -0.2) is 0 Å². The van der Waals surface area contributed by atoms with Crippen LogP contribution in [0.2, 0.25) is 0 Å². The van der Waals surface area contributed by atoms with Crippen molar-refractivity contribution in [3.8, 4) is 0 Å². The van der Waals surface area contributed by atoms with Crippen molar-refractivity contribution in [3.63, 3.8) is 0 Å². The van der Waals surface area contributed by atoms with Crippen molar-refractivity contribution in [2.45, 2.75) is 14.7 Å². The van der Waals surface area contributed by atoms with E-state index < -0.39 is 9.16 Å². The standard InChI is InChI=1S/C40H32S/c1-7-19-32(20-8-1)38-31-41(35-25-13-4-14-26-35,36-27-15-5-16-28-36,37-29-17-6-18-30-37)40(34-23-11-3-12-24-34)39(38)33-21-9-2-10-22-33/h1-31,41H. The summed E-state index contributed by atoms with van der Waals surface area (Å²) in [6.45, 7) is 0. The van der Waals surface area contributed by atoms with Crippen LogP contribution >= 0.6 is 9.16 Å². The maximum Gasteiger partial charge on any atom is 0.00499 e. The lowest BCUT2D eigenvalue weighted by atomic mass is 9.92. The number of thiol groups is 1. The van der Waals surface area contributed by atoms with Gasteiger partial charge in [0, 0.05) is 10.5 Å². The van der Waals surface area contributed by atoms with Crippen LogP contribution in [0.15, 0.2) is 202 Å². The van der Waals surface area contributed by atoms with Gasteiger partial charge in [-0.2, -0.15) is 9.16 Å². The molecule has 0 bridgehead atoms. The molecule has 0 nitrogen and oxygen atoms in total. The van der Waals surface area contributed by atoms with Crippen molar-refractivity contribution < 1.29 is 0 Å². The molecule has 1 heteroatoms. The first-order chi connectivity index (χ1) is 20.3. The van der Waals surface area contributed by atoms with Crippen molar-refractivity contribution in [2.24, 2.45) is 0 Å². The summed E-state index contributed by atoms with van der Waals surface area (Å²) in [6.07, 6.45) is 0. The monoisotopic (exact) mass is 544 g/mol. The molecule has 0 fully saturated rings. The maximum absolute atomic E-state index is 3.50. The summed E-state index contributed by atoms with van der Waals surface area (Å²) in [5, 5.41) is 2.69. The molecule has 0 amide bonds. The average Bonchev–Trinajstić information content (AvgIpc) is 3.42. The molecule has 0 saturated carbocycles. The van der Waals surface area contributed by atoms with E-state index in [1.165, 1.54) is 47.4 Å². The molecule has 0 spiro atoms. The number of allylic oxidation sites excluding steroid dienone is 2. The van der Waals surface area contributed by atoms with Crippen molar-refractivity contribution in [1.29, 1.82) is 0 Å². The minimum atomic E-state index is -3.50. The van der Waals surface area contributed by atoms with Gasteiger partial charge in [-0.05, 0) is 42.4 Å². The molecular formula is C40H32S. The first-order valence-electron chi connectivity index (χ1n) is 14.2. The predicted molar refractivity (Wildman–Crippen MR) is 177 cm³/mol. The van der Waals surface area contributed by atoms with E-state index in [1.54, 1.807) is 0 Å². The summed E-state index contributed by atoms with van der Waals surface area (Å²) in [5.74, 6) is 0. The van der Waals surface area contributed by atoms with E-state index in [0.29, 0.717) is 0 Å². The lowest BCUT2D eigenvalue weighted by molar-refractivity contribution is 1.28. The number of hydrogen-bond acceptors (Lipinski definition) is 0. The van der Waals surface area contributed by atoms with E-state index in [-0.39, 0.29) is 0 Å². The Morgan fingerprint density at radius 3 is 1.00 bits per heavy atom. The third-order valence-electron chi connectivity index (χ3n) is 8.43. The van der Waals surface area contributed by atoms with Crippen molar-refractivity contribution in [3.05, 3.63) is 204 Å². The number of benzene rings is 6. The van der Waals surface area contributed by atoms with Crippen LogP contribution in [-0.2, 0) is 0 Å². The van der Waals surface area contributed by atoms with Crippen molar-refractivity contribution in [2.75, 3.05) is 0 Å². The van der Waals surface area contributed by atoms with Gasteiger partial charge in [0.15, 0.2) is 0 Å². The Morgan fingerprint density at radius 1 is 0.293 bits per heavy atom. The van der Waals surface area contributed by atoms with Crippen LogP contribution in [0, 0.1) is 0 Å². The van der Waals surface area contributed by atoms with Gasteiger partial charge in [0.1, 0.15) is 0 Å². The number of rotatable bonds is 6. The summed E-state index contributed by atoms with van der Waals surface area (Å²) < 4.78 is 0. The zero-order valence-corrected chi connectivity index (χ0v) is 23.7. The molecule has 0 radical (unpaired) electrons. The Bertz CT molecular complexity index is 1740. The van der Waals surface area contributed by atoms with Gasteiger partial charge in [-0.15, -0.1) is 0 Å². The fraction of sp³-hybridized carbons (Fsp3) is 0. The molecule has 41 heavy (non-hydrogen) atoms. The molecule has 0 aromatic heterocycles. The van der Waals surface area contributed by atoms with Crippen LogP contribution < -0.4 is 0 Å². The normalized spacial score (nSPS) is 16.4. The third-order valence-corrected chi connectivity index (χ3v) is 14.7. The summed E-state index contributed by atoms with van der Waals surface area (Å²) >= 11 is 0. The number of hydrogen-bond donors (Lipinski definition) is 1. The second-order valence-electron chi connectivity index (χ2n) is 10.6. The second kappa shape index (κ2) is 10.3. The van der Waals surface area contributed by atoms with Gasteiger partial charge in [-0.1, -0.05) is 182 Å². The minimum Gasteiger partial charge on any atom is -0.183 e. The Kier molecular flexibility index (Phi) is 6.30. The summed E-state index contributed by atoms with van der Waals surface area (Å²) in [4.78, 5) is 5.42. The van der Waals surface area contributed by atoms with Gasteiger partial charge in [-0.3, -0.25) is 0 Å². The molecule has 1 aliphatic rings. The van der Waals surface area contributed by atoms with Crippen molar-refractivity contribution in [1.82, 2.24) is 0 Å². The fourth-order valence-corrected chi connectivity index (χ4v) is 13.6. The molecule has 198 valence electrons. The third kappa shape index (κ3) is 3.78. The molecular weight excluding hydrogens is 513 g/mol. The fourth-order valence-electron chi connectivity index (χ4n) is 6.76. The van der Waals surface area contributed by atoms with Gasteiger partial charge >= 0.3 is 0 Å². The van der Waals surface area contributed by atoms with Crippen LogP contribution in [0.3, 0.4) is 0 Å². The van der Waals surface area contributed by atoms with E-state index in [2.05, 4.69) is 187 Å². The lowest BCUT2D eigenvalue weighted by Crippen LogP contribution is -2.18. The van der Waals surface area contributed by atoms with Crippen LogP contribution in [0.4, 0.5) is 0 Å². The molecule has 0 atom stereocenters. The minimum absolute atomic E-state index is 1.23. The largest absolute Gasteiger partial charge is 0.183 e. The molecule has 1 aliphatic heterocycles.